The van der Waals surface area contributed by atoms with Gasteiger partial charge in [-0.3, -0.25) is 9.36 Å². The van der Waals surface area contributed by atoms with E-state index < -0.39 is 11.5 Å². The van der Waals surface area contributed by atoms with E-state index >= 15 is 0 Å². The zero-order chi connectivity index (χ0) is 22.1. The molecule has 0 aliphatic heterocycles. The number of carbonyl (C=O) groups excluding carboxylic acids is 1. The summed E-state index contributed by atoms with van der Waals surface area (Å²) in [6.07, 6.45) is 0. The van der Waals surface area contributed by atoms with Gasteiger partial charge < -0.3 is 5.32 Å². The molecule has 1 aromatic heterocycles. The molecule has 0 spiro atoms. The molecular weight excluding hydrogens is 417 g/mol. The Balaban J connectivity index is 1.77. The van der Waals surface area contributed by atoms with Gasteiger partial charge in [0.25, 0.3) is 0 Å². The summed E-state index contributed by atoms with van der Waals surface area (Å²) in [4.78, 5) is 29.6. The molecule has 156 valence electrons. The minimum absolute atomic E-state index is 0.186. The van der Waals surface area contributed by atoms with Crippen LogP contribution in [0, 0.1) is 19.7 Å². The van der Waals surface area contributed by atoms with Crippen LogP contribution >= 0.6 is 11.6 Å². The van der Waals surface area contributed by atoms with E-state index in [-0.39, 0.29) is 23.7 Å². The molecule has 31 heavy (non-hydrogen) atoms. The molecule has 0 aliphatic carbocycles. The smallest absolute Gasteiger partial charge is 0.325 e. The Hall–Kier alpha value is -3.51. The van der Waals surface area contributed by atoms with Crippen molar-refractivity contribution < 1.29 is 9.18 Å². The Morgan fingerprint density at radius 2 is 1.84 bits per heavy atom. The van der Waals surface area contributed by atoms with Gasteiger partial charge in [0.1, 0.15) is 12.4 Å². The van der Waals surface area contributed by atoms with Gasteiger partial charge >= 0.3 is 5.69 Å². The number of nitrogens with zero attached hydrogens (tertiary/aromatic N) is 2. The van der Waals surface area contributed by atoms with Crippen molar-refractivity contribution in [2.75, 3.05) is 5.32 Å². The van der Waals surface area contributed by atoms with Gasteiger partial charge in [-0.2, -0.15) is 4.98 Å². The van der Waals surface area contributed by atoms with Gasteiger partial charge in [-0.05, 0) is 67.4 Å². The van der Waals surface area contributed by atoms with Gasteiger partial charge in [-0.15, -0.1) is 0 Å². The molecule has 0 bridgehead atoms. The average molecular weight is 436 g/mol. The molecule has 0 atom stereocenters. The maximum Gasteiger partial charge on any atom is 0.349 e. The first-order chi connectivity index (χ1) is 14.8. The molecule has 4 rings (SSSR count). The average Bonchev–Trinajstić information content (AvgIpc) is 2.73. The number of hydrogen-bond donors (Lipinski definition) is 1. The highest BCUT2D eigenvalue weighted by molar-refractivity contribution is 6.31. The predicted octanol–water partition coefficient (Wildman–Crippen LogP) is 5.11. The van der Waals surface area contributed by atoms with Crippen LogP contribution < -0.4 is 11.0 Å². The predicted molar refractivity (Wildman–Crippen MR) is 121 cm³/mol. The Morgan fingerprint density at radius 1 is 1.06 bits per heavy atom. The third-order valence-electron chi connectivity index (χ3n) is 5.16. The van der Waals surface area contributed by atoms with Crippen molar-refractivity contribution in [3.63, 3.8) is 0 Å². The number of carbonyl (C=O) groups is 1. The molecule has 0 unspecified atom stereocenters. The Bertz CT molecular complexity index is 1380. The van der Waals surface area contributed by atoms with Gasteiger partial charge in [-0.1, -0.05) is 29.8 Å². The highest BCUT2D eigenvalue weighted by Gasteiger charge is 2.17. The van der Waals surface area contributed by atoms with E-state index in [1.165, 1.54) is 10.6 Å². The molecule has 7 heteroatoms. The first-order valence-corrected chi connectivity index (χ1v) is 10.0. The monoisotopic (exact) mass is 435 g/mol. The molecular formula is C24H19ClFN3O2. The third-order valence-corrected chi connectivity index (χ3v) is 5.40. The van der Waals surface area contributed by atoms with Crippen molar-refractivity contribution >= 4 is 34.1 Å². The van der Waals surface area contributed by atoms with Crippen LogP contribution in [0.2, 0.25) is 5.02 Å². The summed E-state index contributed by atoms with van der Waals surface area (Å²) >= 11 is 6.16. The van der Waals surface area contributed by atoms with Crippen LogP contribution in [0.1, 0.15) is 11.1 Å². The number of anilines is 1. The lowest BCUT2D eigenvalue weighted by Crippen LogP contribution is -2.30. The number of aryl methyl sites for hydroxylation is 2. The summed E-state index contributed by atoms with van der Waals surface area (Å²) in [5, 5.41) is 3.70. The number of benzene rings is 3. The fraction of sp³-hybridized carbons (Fsp3) is 0.125. The van der Waals surface area contributed by atoms with Crippen LogP contribution in [-0.4, -0.2) is 15.5 Å². The van der Waals surface area contributed by atoms with E-state index in [0.717, 1.165) is 11.1 Å². The Labute approximate surface area is 183 Å². The zero-order valence-corrected chi connectivity index (χ0v) is 17.7. The van der Waals surface area contributed by atoms with Gasteiger partial charge in [0, 0.05) is 21.7 Å². The van der Waals surface area contributed by atoms with Crippen molar-refractivity contribution in [3.8, 4) is 11.3 Å². The summed E-state index contributed by atoms with van der Waals surface area (Å²) in [5.74, 6) is -0.872. The molecule has 1 N–H and O–H groups in total. The van der Waals surface area contributed by atoms with Crippen molar-refractivity contribution in [1.29, 1.82) is 0 Å². The highest BCUT2D eigenvalue weighted by Crippen LogP contribution is 2.29. The quantitative estimate of drug-likeness (QED) is 0.484. The fourth-order valence-electron chi connectivity index (χ4n) is 3.43. The SMILES string of the molecule is Cc1ccc(NC(=O)Cn2c(=O)nc(-c3ccccc3F)c3cc(Cl)ccc32)cc1C. The Morgan fingerprint density at radius 3 is 2.58 bits per heavy atom. The van der Waals surface area contributed by atoms with Gasteiger partial charge in [-0.25, -0.2) is 9.18 Å². The normalized spacial score (nSPS) is 11.0. The van der Waals surface area contributed by atoms with Crippen molar-refractivity contribution in [2.24, 2.45) is 0 Å². The number of amides is 1. The lowest BCUT2D eigenvalue weighted by atomic mass is 10.1. The molecule has 0 radical (unpaired) electrons. The van der Waals surface area contributed by atoms with Crippen molar-refractivity contribution in [1.82, 2.24) is 9.55 Å². The third kappa shape index (κ3) is 4.20. The second kappa shape index (κ2) is 8.32. The standard InChI is InChI=1S/C24H19ClFN3O2/c1-14-7-9-17(11-15(14)2)27-22(30)13-29-21-10-8-16(25)12-19(21)23(28-24(29)31)18-5-3-4-6-20(18)26/h3-12H,13H2,1-2H3,(H,27,30). The maximum absolute atomic E-state index is 14.4. The summed E-state index contributed by atoms with van der Waals surface area (Å²) < 4.78 is 15.7. The number of fused-ring (bicyclic) bond motifs is 1. The molecule has 1 amide bonds. The van der Waals surface area contributed by atoms with Crippen LogP contribution in [0.15, 0.2) is 65.5 Å². The maximum atomic E-state index is 14.4. The first-order valence-electron chi connectivity index (χ1n) is 9.65. The van der Waals surface area contributed by atoms with Crippen LogP contribution in [0.3, 0.4) is 0 Å². The minimum atomic E-state index is -0.650. The van der Waals surface area contributed by atoms with Gasteiger partial charge in [0.2, 0.25) is 5.91 Å². The summed E-state index contributed by atoms with van der Waals surface area (Å²) in [6, 6.07) is 16.5. The molecule has 4 aromatic rings. The topological polar surface area (TPSA) is 64.0 Å². The van der Waals surface area contributed by atoms with Crippen molar-refractivity contribution in [2.45, 2.75) is 20.4 Å². The van der Waals surface area contributed by atoms with Crippen LogP contribution in [0.5, 0.6) is 0 Å². The second-order valence-electron chi connectivity index (χ2n) is 7.32. The molecule has 0 fully saturated rings. The lowest BCUT2D eigenvalue weighted by molar-refractivity contribution is -0.116. The molecule has 0 aliphatic rings. The number of nitrogens with one attached hydrogen (secondary N) is 1. The fourth-order valence-corrected chi connectivity index (χ4v) is 3.60. The van der Waals surface area contributed by atoms with Gasteiger partial charge in [0.15, 0.2) is 0 Å². The van der Waals surface area contributed by atoms with Crippen molar-refractivity contribution in [3.05, 3.63) is 93.1 Å². The van der Waals surface area contributed by atoms with Crippen LogP contribution in [-0.2, 0) is 11.3 Å². The molecule has 1 heterocycles. The second-order valence-corrected chi connectivity index (χ2v) is 7.75. The molecule has 5 nitrogen and oxygen atoms in total. The first kappa shape index (κ1) is 20.8. The van der Waals surface area contributed by atoms with E-state index in [4.69, 9.17) is 11.6 Å². The van der Waals surface area contributed by atoms with E-state index in [0.29, 0.717) is 21.6 Å². The van der Waals surface area contributed by atoms with Gasteiger partial charge in [0.05, 0.1) is 11.2 Å². The zero-order valence-electron chi connectivity index (χ0n) is 16.9. The number of aromatic nitrogens is 2. The van der Waals surface area contributed by atoms with E-state index in [9.17, 15) is 14.0 Å². The molecule has 0 saturated heterocycles. The number of rotatable bonds is 4. The Kier molecular flexibility index (Phi) is 5.57. The molecule has 3 aromatic carbocycles. The summed E-state index contributed by atoms with van der Waals surface area (Å²) in [7, 11) is 0. The number of halogens is 2. The highest BCUT2D eigenvalue weighted by atomic mass is 35.5. The van der Waals surface area contributed by atoms with Crippen LogP contribution in [0.25, 0.3) is 22.2 Å². The van der Waals surface area contributed by atoms with Crippen LogP contribution in [0.4, 0.5) is 10.1 Å². The van der Waals surface area contributed by atoms with E-state index in [2.05, 4.69) is 10.3 Å². The van der Waals surface area contributed by atoms with E-state index in [1.54, 1.807) is 42.5 Å². The summed E-state index contributed by atoms with van der Waals surface area (Å²) in [5.41, 5.74) is 2.98. The number of hydrogen-bond acceptors (Lipinski definition) is 3. The lowest BCUT2D eigenvalue weighted by Gasteiger charge is -2.14. The minimum Gasteiger partial charge on any atom is -0.325 e. The summed E-state index contributed by atoms with van der Waals surface area (Å²) in [6.45, 7) is 3.70. The largest absolute Gasteiger partial charge is 0.349 e. The molecule has 0 saturated carbocycles. The van der Waals surface area contributed by atoms with E-state index in [1.807, 2.05) is 26.0 Å².